The predicted octanol–water partition coefficient (Wildman–Crippen LogP) is 5.67. The summed E-state index contributed by atoms with van der Waals surface area (Å²) in [6.45, 7) is 9.41. The van der Waals surface area contributed by atoms with Gasteiger partial charge in [0.15, 0.2) is 0 Å². The summed E-state index contributed by atoms with van der Waals surface area (Å²) in [4.78, 5) is 0. The molecule has 2 rings (SSSR count). The van der Waals surface area contributed by atoms with Crippen LogP contribution in [-0.4, -0.2) is 9.78 Å². The first-order chi connectivity index (χ1) is 9.49. The van der Waals surface area contributed by atoms with Crippen molar-refractivity contribution >= 4 is 27.5 Å². The van der Waals surface area contributed by atoms with Crippen LogP contribution < -0.4 is 0 Å². The minimum Gasteiger partial charge on any atom is -0.263 e. The van der Waals surface area contributed by atoms with Crippen molar-refractivity contribution in [1.29, 1.82) is 0 Å². The van der Waals surface area contributed by atoms with E-state index in [2.05, 4.69) is 66.9 Å². The third-order valence-corrected chi connectivity index (χ3v) is 4.38. The molecule has 4 heteroatoms. The largest absolute Gasteiger partial charge is 0.263 e. The zero-order valence-corrected chi connectivity index (χ0v) is 14.7. The number of rotatable bonds is 4. The number of halogens is 2. The fourth-order valence-electron chi connectivity index (χ4n) is 2.43. The van der Waals surface area contributed by atoms with Crippen LogP contribution in [0.1, 0.15) is 44.9 Å². The highest BCUT2D eigenvalue weighted by Crippen LogP contribution is 2.37. The maximum absolute atomic E-state index is 6.56. The van der Waals surface area contributed by atoms with E-state index in [0.29, 0.717) is 5.92 Å². The van der Waals surface area contributed by atoms with Gasteiger partial charge in [-0.25, -0.2) is 0 Å². The minimum absolute atomic E-state index is 0.434. The highest BCUT2D eigenvalue weighted by atomic mass is 79.9. The molecule has 0 spiro atoms. The number of nitrogens with zero attached hydrogens (tertiary/aromatic N) is 2. The number of hydrogen-bond donors (Lipinski definition) is 0. The quantitative estimate of drug-likeness (QED) is 0.690. The average Bonchev–Trinajstić information content (AvgIpc) is 2.75. The molecule has 0 radical (unpaired) electrons. The van der Waals surface area contributed by atoms with Gasteiger partial charge >= 0.3 is 0 Å². The van der Waals surface area contributed by atoms with Gasteiger partial charge in [-0.1, -0.05) is 54.4 Å². The minimum atomic E-state index is 0.434. The summed E-state index contributed by atoms with van der Waals surface area (Å²) >= 11 is 10.1. The summed E-state index contributed by atoms with van der Waals surface area (Å²) in [5.41, 5.74) is 4.49. The van der Waals surface area contributed by atoms with Crippen molar-refractivity contribution in [3.8, 4) is 11.3 Å². The van der Waals surface area contributed by atoms with Gasteiger partial charge in [0, 0.05) is 16.6 Å². The van der Waals surface area contributed by atoms with Crippen LogP contribution in [0.3, 0.4) is 0 Å². The van der Waals surface area contributed by atoms with Gasteiger partial charge < -0.3 is 0 Å². The Balaban J connectivity index is 2.71. The molecule has 1 heterocycles. The number of aryl methyl sites for hydroxylation is 2. The van der Waals surface area contributed by atoms with E-state index in [9.17, 15) is 0 Å². The Morgan fingerprint density at radius 3 is 2.55 bits per heavy atom. The molecule has 2 aromatic rings. The van der Waals surface area contributed by atoms with Crippen LogP contribution in [-0.2, 0) is 13.0 Å². The van der Waals surface area contributed by atoms with Crippen molar-refractivity contribution < 1.29 is 0 Å². The Labute approximate surface area is 134 Å². The van der Waals surface area contributed by atoms with Crippen LogP contribution in [0.4, 0.5) is 0 Å². The molecule has 0 saturated carbocycles. The van der Waals surface area contributed by atoms with Gasteiger partial charge in [0.2, 0.25) is 0 Å². The molecule has 0 aliphatic rings. The summed E-state index contributed by atoms with van der Waals surface area (Å²) in [6, 6.07) is 6.37. The Bertz CT molecular complexity index is 617. The van der Waals surface area contributed by atoms with Gasteiger partial charge in [0.1, 0.15) is 0 Å². The maximum atomic E-state index is 6.56. The van der Waals surface area contributed by atoms with E-state index in [0.717, 1.165) is 33.8 Å². The molecule has 0 aliphatic carbocycles. The second-order valence-electron chi connectivity index (χ2n) is 5.16. The van der Waals surface area contributed by atoms with Gasteiger partial charge in [-0.3, -0.25) is 4.68 Å². The SMILES string of the molecule is CCc1nn(CC)c(-c2ccc(Br)cc2C(C)C)c1Cl. The first-order valence-electron chi connectivity index (χ1n) is 7.04. The van der Waals surface area contributed by atoms with Crippen LogP contribution in [0.25, 0.3) is 11.3 Å². The lowest BCUT2D eigenvalue weighted by molar-refractivity contribution is 0.654. The summed E-state index contributed by atoms with van der Waals surface area (Å²) < 4.78 is 3.11. The van der Waals surface area contributed by atoms with Crippen LogP contribution in [0.15, 0.2) is 22.7 Å². The van der Waals surface area contributed by atoms with E-state index < -0.39 is 0 Å². The van der Waals surface area contributed by atoms with Crippen molar-refractivity contribution in [1.82, 2.24) is 9.78 Å². The number of aromatic nitrogens is 2. The normalized spacial score (nSPS) is 11.3. The van der Waals surface area contributed by atoms with Crippen LogP contribution in [0, 0.1) is 0 Å². The Hall–Kier alpha value is -0.800. The molecule has 0 fully saturated rings. The molecule has 108 valence electrons. The van der Waals surface area contributed by atoms with Crippen LogP contribution in [0.2, 0.25) is 5.02 Å². The van der Waals surface area contributed by atoms with Crippen molar-refractivity contribution in [2.45, 2.75) is 46.6 Å². The zero-order chi connectivity index (χ0) is 14.9. The Kier molecular flexibility index (Phi) is 4.92. The van der Waals surface area contributed by atoms with Gasteiger partial charge in [-0.05, 0) is 37.0 Å². The van der Waals surface area contributed by atoms with Gasteiger partial charge in [0.05, 0.1) is 16.4 Å². The Morgan fingerprint density at radius 2 is 2.00 bits per heavy atom. The lowest BCUT2D eigenvalue weighted by atomic mass is 9.95. The molecule has 0 atom stereocenters. The van der Waals surface area contributed by atoms with E-state index >= 15 is 0 Å². The van der Waals surface area contributed by atoms with E-state index in [4.69, 9.17) is 11.6 Å². The Morgan fingerprint density at radius 1 is 1.30 bits per heavy atom. The molecule has 0 unspecified atom stereocenters. The highest BCUT2D eigenvalue weighted by molar-refractivity contribution is 9.10. The van der Waals surface area contributed by atoms with Crippen molar-refractivity contribution in [2.24, 2.45) is 0 Å². The molecule has 1 aromatic carbocycles. The maximum Gasteiger partial charge on any atom is 0.0897 e. The molecule has 0 N–H and O–H groups in total. The highest BCUT2D eigenvalue weighted by Gasteiger charge is 2.19. The lowest BCUT2D eigenvalue weighted by Gasteiger charge is -2.15. The summed E-state index contributed by atoms with van der Waals surface area (Å²) in [5, 5.41) is 5.41. The smallest absolute Gasteiger partial charge is 0.0897 e. The predicted molar refractivity (Wildman–Crippen MR) is 89.5 cm³/mol. The summed E-state index contributed by atoms with van der Waals surface area (Å²) in [6.07, 6.45) is 0.854. The topological polar surface area (TPSA) is 17.8 Å². The summed E-state index contributed by atoms with van der Waals surface area (Å²) in [5.74, 6) is 0.434. The molecular formula is C16H20BrClN2. The third kappa shape index (κ3) is 2.79. The van der Waals surface area contributed by atoms with Gasteiger partial charge in [0.25, 0.3) is 0 Å². The van der Waals surface area contributed by atoms with E-state index in [-0.39, 0.29) is 0 Å². The standard InChI is InChI=1S/C16H20BrClN2/c1-5-14-15(18)16(20(6-2)19-14)12-8-7-11(17)9-13(12)10(3)4/h7-10H,5-6H2,1-4H3. The third-order valence-electron chi connectivity index (χ3n) is 3.49. The van der Waals surface area contributed by atoms with Crippen LogP contribution in [0.5, 0.6) is 0 Å². The molecule has 0 bridgehead atoms. The second kappa shape index (κ2) is 6.31. The molecule has 0 saturated heterocycles. The lowest BCUT2D eigenvalue weighted by Crippen LogP contribution is -2.02. The van der Waals surface area contributed by atoms with Crippen LogP contribution >= 0.6 is 27.5 Å². The second-order valence-corrected chi connectivity index (χ2v) is 6.46. The average molecular weight is 356 g/mol. The number of hydrogen-bond acceptors (Lipinski definition) is 1. The van der Waals surface area contributed by atoms with E-state index in [1.165, 1.54) is 11.1 Å². The van der Waals surface area contributed by atoms with Crippen molar-refractivity contribution in [3.05, 3.63) is 39.0 Å². The first kappa shape index (κ1) is 15.6. The van der Waals surface area contributed by atoms with Crippen molar-refractivity contribution in [3.63, 3.8) is 0 Å². The molecule has 20 heavy (non-hydrogen) atoms. The van der Waals surface area contributed by atoms with E-state index in [1.54, 1.807) is 0 Å². The van der Waals surface area contributed by atoms with E-state index in [1.807, 2.05) is 4.68 Å². The monoisotopic (exact) mass is 354 g/mol. The number of benzene rings is 1. The fourth-order valence-corrected chi connectivity index (χ4v) is 3.18. The molecule has 0 amide bonds. The van der Waals surface area contributed by atoms with Gasteiger partial charge in [-0.15, -0.1) is 0 Å². The summed E-state index contributed by atoms with van der Waals surface area (Å²) in [7, 11) is 0. The molecule has 2 nitrogen and oxygen atoms in total. The molecule has 0 aliphatic heterocycles. The zero-order valence-electron chi connectivity index (χ0n) is 12.4. The fraction of sp³-hybridized carbons (Fsp3) is 0.438. The molecule has 1 aromatic heterocycles. The van der Waals surface area contributed by atoms with Crippen molar-refractivity contribution in [2.75, 3.05) is 0 Å². The molecular weight excluding hydrogens is 336 g/mol. The van der Waals surface area contributed by atoms with Gasteiger partial charge in [-0.2, -0.15) is 5.10 Å². The first-order valence-corrected chi connectivity index (χ1v) is 8.21.